The van der Waals surface area contributed by atoms with Crippen molar-refractivity contribution in [3.05, 3.63) is 44.9 Å². The average molecular weight is 345 g/mol. The molecule has 0 atom stereocenters. The molecule has 3 heterocycles. The van der Waals surface area contributed by atoms with Gasteiger partial charge in [-0.25, -0.2) is 9.97 Å². The van der Waals surface area contributed by atoms with Crippen LogP contribution in [0.4, 0.5) is 5.13 Å². The fourth-order valence-corrected chi connectivity index (χ4v) is 3.28. The second-order valence-corrected chi connectivity index (χ2v) is 7.52. The van der Waals surface area contributed by atoms with Crippen molar-refractivity contribution in [3.8, 4) is 0 Å². The number of hydrogen-bond donors (Lipinski definition) is 1. The fourth-order valence-electron chi connectivity index (χ4n) is 2.59. The van der Waals surface area contributed by atoms with Crippen molar-refractivity contribution in [2.45, 2.75) is 40.2 Å². The van der Waals surface area contributed by atoms with Gasteiger partial charge in [0, 0.05) is 23.2 Å². The number of aryl methyl sites for hydroxylation is 2. The Kier molecular flexibility index (Phi) is 3.79. The van der Waals surface area contributed by atoms with Crippen molar-refractivity contribution in [2.75, 3.05) is 5.32 Å². The first kappa shape index (κ1) is 16.4. The highest BCUT2D eigenvalue weighted by molar-refractivity contribution is 7.13. The number of hydrogen-bond acceptors (Lipinski definition) is 5. The zero-order valence-corrected chi connectivity index (χ0v) is 15.1. The molecule has 0 aliphatic heterocycles. The second-order valence-electron chi connectivity index (χ2n) is 6.67. The Hall–Kier alpha value is -2.48. The highest BCUT2D eigenvalue weighted by Crippen LogP contribution is 2.21. The van der Waals surface area contributed by atoms with E-state index >= 15 is 0 Å². The lowest BCUT2D eigenvalue weighted by Gasteiger charge is -2.24. The van der Waals surface area contributed by atoms with Gasteiger partial charge in [-0.2, -0.15) is 4.52 Å². The molecule has 7 nitrogen and oxygen atoms in total. The molecule has 1 amide bonds. The van der Waals surface area contributed by atoms with Gasteiger partial charge in [0.2, 0.25) is 0 Å². The molecule has 24 heavy (non-hydrogen) atoms. The molecule has 0 aliphatic rings. The van der Waals surface area contributed by atoms with E-state index in [4.69, 9.17) is 0 Å². The van der Waals surface area contributed by atoms with Crippen LogP contribution in [0.1, 0.15) is 42.6 Å². The van der Waals surface area contributed by atoms with E-state index in [1.807, 2.05) is 33.1 Å². The molecule has 0 aromatic carbocycles. The normalized spacial score (nSPS) is 11.9. The van der Waals surface area contributed by atoms with Gasteiger partial charge in [-0.05, 0) is 34.6 Å². The zero-order chi connectivity index (χ0) is 17.6. The van der Waals surface area contributed by atoms with E-state index in [0.29, 0.717) is 22.2 Å². The number of rotatable bonds is 2. The lowest BCUT2D eigenvalue weighted by atomic mass is 10.1. The van der Waals surface area contributed by atoms with Gasteiger partial charge >= 0.3 is 0 Å². The van der Waals surface area contributed by atoms with Gasteiger partial charge in [-0.3, -0.25) is 19.6 Å². The number of amides is 1. The minimum Gasteiger partial charge on any atom is -0.296 e. The first-order chi connectivity index (χ1) is 11.2. The third kappa shape index (κ3) is 2.84. The van der Waals surface area contributed by atoms with Gasteiger partial charge in [-0.1, -0.05) is 0 Å². The molecule has 1 N–H and O–H groups in total. The minimum absolute atomic E-state index is 0.212. The molecule has 0 bridgehead atoms. The smallest absolute Gasteiger partial charge is 0.275 e. The topological polar surface area (TPSA) is 81.3 Å². The SMILES string of the molecule is Cc1csc(NC(=O)c2cc3nc(C)cc(=O)n3n2C(C)(C)C)n1. The number of carbonyl (C=O) groups is 1. The zero-order valence-electron chi connectivity index (χ0n) is 14.2. The third-order valence-corrected chi connectivity index (χ3v) is 4.33. The average Bonchev–Trinajstić information content (AvgIpc) is 3.01. The standard InChI is InChI=1S/C16H19N5O2S/c1-9-6-13(22)20-12(17-9)7-11(21(20)16(3,4)5)14(23)19-15-18-10(2)8-24-15/h6-8H,1-5H3,(H,18,19,23). The molecule has 126 valence electrons. The molecular formula is C16H19N5O2S. The molecule has 0 fully saturated rings. The van der Waals surface area contributed by atoms with Gasteiger partial charge in [0.25, 0.3) is 11.5 Å². The summed E-state index contributed by atoms with van der Waals surface area (Å²) >= 11 is 1.36. The molecule has 3 aromatic heterocycles. The summed E-state index contributed by atoms with van der Waals surface area (Å²) in [5.41, 5.74) is 1.60. The molecule has 0 unspecified atom stereocenters. The predicted molar refractivity (Wildman–Crippen MR) is 94.0 cm³/mol. The lowest BCUT2D eigenvalue weighted by molar-refractivity contribution is 0.100. The van der Waals surface area contributed by atoms with E-state index in [1.54, 1.807) is 17.7 Å². The van der Waals surface area contributed by atoms with Crippen LogP contribution in [0, 0.1) is 13.8 Å². The molecule has 0 spiro atoms. The molecule has 0 saturated heterocycles. The predicted octanol–water partition coefficient (Wildman–Crippen LogP) is 2.58. The van der Waals surface area contributed by atoms with Crippen LogP contribution < -0.4 is 10.9 Å². The minimum atomic E-state index is -0.478. The second kappa shape index (κ2) is 5.55. The molecular weight excluding hydrogens is 326 g/mol. The summed E-state index contributed by atoms with van der Waals surface area (Å²) in [5.74, 6) is -0.318. The lowest BCUT2D eigenvalue weighted by Crippen LogP contribution is -2.35. The monoisotopic (exact) mass is 345 g/mol. The molecule has 3 rings (SSSR count). The Labute approximate surface area is 143 Å². The summed E-state index contributed by atoms with van der Waals surface area (Å²) < 4.78 is 3.11. The molecule has 0 radical (unpaired) electrons. The highest BCUT2D eigenvalue weighted by Gasteiger charge is 2.26. The molecule has 3 aromatic rings. The number of fused-ring (bicyclic) bond motifs is 1. The largest absolute Gasteiger partial charge is 0.296 e. The van der Waals surface area contributed by atoms with Crippen LogP contribution in [0.2, 0.25) is 0 Å². The van der Waals surface area contributed by atoms with E-state index in [0.717, 1.165) is 5.69 Å². The maximum absolute atomic E-state index is 12.7. The quantitative estimate of drug-likeness (QED) is 0.774. The van der Waals surface area contributed by atoms with Crippen LogP contribution in [-0.4, -0.2) is 25.1 Å². The number of nitrogens with one attached hydrogen (secondary N) is 1. The number of nitrogens with zero attached hydrogens (tertiary/aromatic N) is 4. The Bertz CT molecular complexity index is 990. The Balaban J connectivity index is 2.18. The number of anilines is 1. The van der Waals surface area contributed by atoms with Crippen molar-refractivity contribution in [1.82, 2.24) is 19.2 Å². The number of carbonyl (C=O) groups excluding carboxylic acids is 1. The summed E-state index contributed by atoms with van der Waals surface area (Å²) in [7, 11) is 0. The summed E-state index contributed by atoms with van der Waals surface area (Å²) in [6.07, 6.45) is 0. The number of thiazole rings is 1. The molecule has 8 heteroatoms. The molecule has 0 saturated carbocycles. The van der Waals surface area contributed by atoms with E-state index in [-0.39, 0.29) is 11.5 Å². The third-order valence-electron chi connectivity index (χ3n) is 3.45. The number of aromatic nitrogens is 4. The van der Waals surface area contributed by atoms with Crippen molar-refractivity contribution >= 4 is 28.0 Å². The van der Waals surface area contributed by atoms with Crippen LogP contribution in [0.5, 0.6) is 0 Å². The Morgan fingerprint density at radius 1 is 1.17 bits per heavy atom. The van der Waals surface area contributed by atoms with Crippen LogP contribution >= 0.6 is 11.3 Å². The van der Waals surface area contributed by atoms with E-state index in [9.17, 15) is 9.59 Å². The fraction of sp³-hybridized carbons (Fsp3) is 0.375. The molecule has 0 aliphatic carbocycles. The maximum Gasteiger partial charge on any atom is 0.275 e. The Morgan fingerprint density at radius 3 is 2.46 bits per heavy atom. The van der Waals surface area contributed by atoms with Crippen LogP contribution in [-0.2, 0) is 5.54 Å². The van der Waals surface area contributed by atoms with Gasteiger partial charge in [0.1, 0.15) is 5.69 Å². The summed E-state index contributed by atoms with van der Waals surface area (Å²) in [6.45, 7) is 9.42. The van der Waals surface area contributed by atoms with Gasteiger partial charge in [-0.15, -0.1) is 11.3 Å². The maximum atomic E-state index is 12.7. The van der Waals surface area contributed by atoms with Crippen molar-refractivity contribution in [1.29, 1.82) is 0 Å². The van der Waals surface area contributed by atoms with Crippen molar-refractivity contribution in [2.24, 2.45) is 0 Å². The first-order valence-corrected chi connectivity index (χ1v) is 8.41. The first-order valence-electron chi connectivity index (χ1n) is 7.53. The summed E-state index contributed by atoms with van der Waals surface area (Å²) in [4.78, 5) is 33.8. The summed E-state index contributed by atoms with van der Waals surface area (Å²) in [6, 6.07) is 3.09. The van der Waals surface area contributed by atoms with E-state index in [1.165, 1.54) is 21.9 Å². The highest BCUT2D eigenvalue weighted by atomic mass is 32.1. The van der Waals surface area contributed by atoms with Gasteiger partial charge < -0.3 is 0 Å². The summed E-state index contributed by atoms with van der Waals surface area (Å²) in [5, 5.41) is 5.18. The van der Waals surface area contributed by atoms with Gasteiger partial charge in [0.05, 0.1) is 11.2 Å². The van der Waals surface area contributed by atoms with Crippen LogP contribution in [0.3, 0.4) is 0 Å². The van der Waals surface area contributed by atoms with E-state index in [2.05, 4.69) is 15.3 Å². The van der Waals surface area contributed by atoms with Gasteiger partial charge in [0.15, 0.2) is 10.8 Å². The van der Waals surface area contributed by atoms with Crippen LogP contribution in [0.25, 0.3) is 5.65 Å². The van der Waals surface area contributed by atoms with E-state index < -0.39 is 5.54 Å². The van der Waals surface area contributed by atoms with Crippen molar-refractivity contribution in [3.63, 3.8) is 0 Å². The van der Waals surface area contributed by atoms with Crippen LogP contribution in [0.15, 0.2) is 22.3 Å². The Morgan fingerprint density at radius 2 is 1.88 bits per heavy atom. The van der Waals surface area contributed by atoms with Crippen molar-refractivity contribution < 1.29 is 4.79 Å².